The van der Waals surface area contributed by atoms with Crippen LogP contribution in [0, 0.1) is 134 Å². The van der Waals surface area contributed by atoms with E-state index in [2.05, 4.69) is 30.3 Å². The van der Waals surface area contributed by atoms with E-state index in [9.17, 15) is 0 Å². The summed E-state index contributed by atoms with van der Waals surface area (Å²) in [4.78, 5) is 0. The van der Waals surface area contributed by atoms with Crippen LogP contribution in [0.25, 0.3) is 0 Å². The van der Waals surface area contributed by atoms with Crippen molar-refractivity contribution in [3.8, 4) is 0 Å². The normalized spacial score (nSPS) is 102. The fraction of sp³-hybridized carbons (Fsp3) is 0.800. The van der Waals surface area contributed by atoms with Crippen molar-refractivity contribution in [2.45, 2.75) is 5.41 Å². The van der Waals surface area contributed by atoms with E-state index in [1.165, 1.54) is 112 Å². The lowest BCUT2D eigenvalue weighted by molar-refractivity contribution is -0.817. The van der Waals surface area contributed by atoms with Crippen molar-refractivity contribution >= 4 is 0 Å². The second-order valence-corrected chi connectivity index (χ2v) is 16.2. The highest BCUT2D eigenvalue weighted by atomic mass is 15.3. The molecule has 0 aromatic heterocycles. The second-order valence-electron chi connectivity index (χ2n) is 16.2. The molecule has 0 spiro atoms. The Morgan fingerprint density at radius 1 is 0.400 bits per heavy atom. The number of hydrogen-bond acceptors (Lipinski definition) is 0. The largest absolute Gasteiger partial charge is 0.0622 e. The van der Waals surface area contributed by atoms with Gasteiger partial charge >= 0.3 is 0 Å². The van der Waals surface area contributed by atoms with Crippen molar-refractivity contribution in [3.05, 3.63) is 35.9 Å². The fourth-order valence-corrected chi connectivity index (χ4v) is 21.4. The van der Waals surface area contributed by atoms with Gasteiger partial charge in [0.05, 0.1) is 0 Å². The van der Waals surface area contributed by atoms with E-state index in [0.29, 0.717) is 0 Å². The van der Waals surface area contributed by atoms with Gasteiger partial charge in [-0.3, -0.25) is 0 Å². The summed E-state index contributed by atoms with van der Waals surface area (Å²) in [6, 6.07) is 12.3. The quantitative estimate of drug-likeness (QED) is 0.744. The monoisotopic (exact) mass is 384 g/mol. The van der Waals surface area contributed by atoms with Crippen LogP contribution in [-0.2, 0) is 5.41 Å². The zero-order chi connectivity index (χ0) is 17.6. The topological polar surface area (TPSA) is 0 Å². The summed E-state index contributed by atoms with van der Waals surface area (Å²) in [5.74, 6) is 24.4. The zero-order valence-electron chi connectivity index (χ0n) is 16.9. The highest BCUT2D eigenvalue weighted by molar-refractivity contribution is 5.74. The van der Waals surface area contributed by atoms with Gasteiger partial charge in [-0.2, -0.15) is 0 Å². The van der Waals surface area contributed by atoms with Gasteiger partial charge in [-0.15, -0.1) is 0 Å². The molecule has 1 aromatic carbocycles. The van der Waals surface area contributed by atoms with Crippen LogP contribution in [0.15, 0.2) is 30.3 Å². The smallest absolute Gasteiger partial charge is 0.00888 e. The first-order valence-electron chi connectivity index (χ1n) is 14.0. The van der Waals surface area contributed by atoms with Gasteiger partial charge in [-0.25, -0.2) is 0 Å². The van der Waals surface area contributed by atoms with Crippen LogP contribution in [-0.4, -0.2) is 0 Å². The summed E-state index contributed by atoms with van der Waals surface area (Å²) < 4.78 is 0. The molecule has 0 N–H and O–H groups in total. The van der Waals surface area contributed by atoms with Crippen molar-refractivity contribution in [1.82, 2.24) is 0 Å². The molecule has 8 unspecified atom stereocenters. The minimum absolute atomic E-state index is 0.745. The minimum atomic E-state index is 0.745. The molecule has 0 heteroatoms. The molecule has 144 valence electrons. The first kappa shape index (κ1) is 11.9. The molecular weight excluding hydrogens is 360 g/mol. The van der Waals surface area contributed by atoms with Gasteiger partial charge in [0.2, 0.25) is 0 Å². The Kier molecular flexibility index (Phi) is 0.934. The average molecular weight is 385 g/mol. The summed E-state index contributed by atoms with van der Waals surface area (Å²) in [5, 5.41) is 0. The fourth-order valence-electron chi connectivity index (χ4n) is 21.4. The van der Waals surface area contributed by atoms with Crippen LogP contribution in [0.3, 0.4) is 0 Å². The van der Waals surface area contributed by atoms with Crippen LogP contribution >= 0.6 is 0 Å². The maximum Gasteiger partial charge on any atom is 0.00888 e. The molecule has 0 heterocycles. The van der Waals surface area contributed by atoms with Crippen LogP contribution < -0.4 is 0 Å². The molecule has 0 bridgehead atoms. The van der Waals surface area contributed by atoms with Gasteiger partial charge in [0.1, 0.15) is 0 Å². The summed E-state index contributed by atoms with van der Waals surface area (Å²) in [6.07, 6.45) is 0. The standard InChI is InChI=1S/C30H24/c1-2-4-6(5-3-1)26-18-11-12-20(18)28(26,21(12)19(11)26)30-24-14-13-22(24)29(30,23(13)25(14)30)27-15-8-7-9(15)17(27)10(7)16(8)27/h1-5,7-25H. The Labute approximate surface area is 175 Å². The predicted molar refractivity (Wildman–Crippen MR) is 104 cm³/mol. The lowest BCUT2D eigenvalue weighted by atomic mass is 8.75. The Morgan fingerprint density at radius 3 is 1.47 bits per heavy atom. The average Bonchev–Trinajstić information content (AvgIpc) is 2.84. The molecule has 18 saturated carbocycles. The SMILES string of the molecule is c1ccc(C23C4C5C6C4C2(C24C7C8C9C7C2(C27C%10C%11C%12C%10C2C%12C%117)C9C84)C6C53)cc1. The highest BCUT2D eigenvalue weighted by Gasteiger charge is 3.26. The van der Waals surface area contributed by atoms with Crippen molar-refractivity contribution in [2.75, 3.05) is 0 Å². The molecule has 0 saturated heterocycles. The number of rotatable bonds is 3. The maximum atomic E-state index is 2.61. The van der Waals surface area contributed by atoms with Gasteiger partial charge < -0.3 is 0 Å². The molecule has 0 aliphatic heterocycles. The van der Waals surface area contributed by atoms with Gasteiger partial charge in [0, 0.05) is 5.41 Å². The van der Waals surface area contributed by atoms with Crippen molar-refractivity contribution in [2.24, 2.45) is 134 Å². The van der Waals surface area contributed by atoms with E-state index in [0.717, 1.165) is 27.1 Å². The molecule has 18 fully saturated rings. The third-order valence-electron chi connectivity index (χ3n) is 19.5. The maximum absolute atomic E-state index is 2.61. The van der Waals surface area contributed by atoms with Crippen LogP contribution in [0.5, 0.6) is 0 Å². The van der Waals surface area contributed by atoms with Gasteiger partial charge in [0.15, 0.2) is 0 Å². The minimum Gasteiger partial charge on any atom is -0.0622 e. The van der Waals surface area contributed by atoms with E-state index in [-0.39, 0.29) is 0 Å². The number of hydrogen-bond donors (Lipinski definition) is 0. The number of benzene rings is 1. The van der Waals surface area contributed by atoms with Crippen LogP contribution in [0.1, 0.15) is 5.56 Å². The summed E-state index contributed by atoms with van der Waals surface area (Å²) in [7, 11) is 0. The van der Waals surface area contributed by atoms with E-state index >= 15 is 0 Å². The predicted octanol–water partition coefficient (Wildman–Crippen LogP) is 3.78. The van der Waals surface area contributed by atoms with Gasteiger partial charge in [0.25, 0.3) is 0 Å². The lowest BCUT2D eigenvalue weighted by Crippen LogP contribution is -3.26. The van der Waals surface area contributed by atoms with E-state index in [4.69, 9.17) is 0 Å². The third kappa shape index (κ3) is 0.436. The van der Waals surface area contributed by atoms with Crippen molar-refractivity contribution in [1.29, 1.82) is 0 Å². The molecule has 19 rings (SSSR count). The molecule has 0 amide bonds. The van der Waals surface area contributed by atoms with Gasteiger partial charge in [-0.1, -0.05) is 30.3 Å². The van der Waals surface area contributed by atoms with Gasteiger partial charge in [-0.05, 0) is 140 Å². The van der Waals surface area contributed by atoms with Crippen molar-refractivity contribution < 1.29 is 0 Å². The third-order valence-corrected chi connectivity index (χ3v) is 19.5. The van der Waals surface area contributed by atoms with Crippen LogP contribution in [0.2, 0.25) is 0 Å². The molecule has 0 radical (unpaired) electrons. The van der Waals surface area contributed by atoms with E-state index < -0.39 is 0 Å². The summed E-state index contributed by atoms with van der Waals surface area (Å²) in [5.41, 5.74) is 6.50. The second kappa shape index (κ2) is 2.36. The molecular formula is C30H24. The first-order valence-corrected chi connectivity index (χ1v) is 14.0. The Morgan fingerprint density at radius 2 is 0.867 bits per heavy atom. The zero-order valence-corrected chi connectivity index (χ0v) is 16.9. The highest BCUT2D eigenvalue weighted by Crippen LogP contribution is 3.28. The van der Waals surface area contributed by atoms with E-state index in [1.54, 1.807) is 0 Å². The first-order chi connectivity index (χ1) is 14.9. The molecule has 8 atom stereocenters. The van der Waals surface area contributed by atoms with E-state index in [1.807, 2.05) is 5.56 Å². The molecule has 18 aliphatic rings. The molecule has 1 aromatic rings. The molecule has 30 heavy (non-hydrogen) atoms. The molecule has 18 aliphatic carbocycles. The molecule has 0 nitrogen and oxygen atoms in total. The van der Waals surface area contributed by atoms with Crippen molar-refractivity contribution in [3.63, 3.8) is 0 Å². The Balaban J connectivity index is 1.02. The summed E-state index contributed by atoms with van der Waals surface area (Å²) >= 11 is 0. The Hall–Kier alpha value is -0.780. The summed E-state index contributed by atoms with van der Waals surface area (Å²) in [6.45, 7) is 0. The Bertz CT molecular complexity index is 1290. The van der Waals surface area contributed by atoms with Crippen LogP contribution in [0.4, 0.5) is 0 Å². The lowest BCUT2D eigenvalue weighted by Gasteiger charge is -3.28.